The van der Waals surface area contributed by atoms with Crippen LogP contribution in [-0.4, -0.2) is 12.5 Å². The molecule has 2 nitrogen and oxygen atoms in total. The van der Waals surface area contributed by atoms with Gasteiger partial charge in [-0.2, -0.15) is 5.26 Å². The second-order valence-corrected chi connectivity index (χ2v) is 6.60. The van der Waals surface area contributed by atoms with Gasteiger partial charge in [0.15, 0.2) is 0 Å². The molecule has 0 aliphatic carbocycles. The van der Waals surface area contributed by atoms with Gasteiger partial charge in [-0.25, -0.2) is 0 Å². The Morgan fingerprint density at radius 3 is 2.05 bits per heavy atom. The highest BCUT2D eigenvalue weighted by molar-refractivity contribution is 6.66. The fourth-order valence-corrected chi connectivity index (χ4v) is 1.68. The molecule has 0 bridgehead atoms. The largest absolute Gasteiger partial charge is 0.426 e. The first-order chi connectivity index (χ1) is 8.67. The van der Waals surface area contributed by atoms with Crippen LogP contribution in [0.1, 0.15) is 40.2 Å². The van der Waals surface area contributed by atoms with E-state index in [0.717, 1.165) is 11.0 Å². The summed E-state index contributed by atoms with van der Waals surface area (Å²) in [4.78, 5) is 0. The second kappa shape index (κ2) is 5.80. The summed E-state index contributed by atoms with van der Waals surface area (Å²) in [5.74, 6) is 0. The summed E-state index contributed by atoms with van der Waals surface area (Å²) in [6.45, 7) is 13.0. The Hall–Kier alpha value is -1.27. The van der Waals surface area contributed by atoms with E-state index in [1.807, 2.05) is 12.1 Å². The molecule has 1 rings (SSSR count). The zero-order valence-corrected chi connectivity index (χ0v) is 12.9. The van der Waals surface area contributed by atoms with Gasteiger partial charge in [0.1, 0.15) is 0 Å². The van der Waals surface area contributed by atoms with Gasteiger partial charge in [0, 0.05) is 0 Å². The van der Waals surface area contributed by atoms with Crippen molar-refractivity contribution in [1.29, 1.82) is 5.26 Å². The van der Waals surface area contributed by atoms with Crippen LogP contribution in [0.5, 0.6) is 0 Å². The number of hydrogen-bond donors (Lipinski definition) is 0. The summed E-state index contributed by atoms with van der Waals surface area (Å²) in [6.07, 6.45) is 0.461. The molecule has 0 radical (unpaired) electrons. The highest BCUT2D eigenvalue weighted by Gasteiger charge is 2.35. The molecule has 0 N–H and O–H groups in total. The number of hydrogen-bond acceptors (Lipinski definition) is 2. The van der Waals surface area contributed by atoms with Crippen LogP contribution in [0.3, 0.4) is 0 Å². The highest BCUT2D eigenvalue weighted by Crippen LogP contribution is 2.33. The van der Waals surface area contributed by atoms with Crippen LogP contribution in [-0.2, 0) is 11.1 Å². The Morgan fingerprint density at radius 1 is 1.11 bits per heavy atom. The zero-order valence-electron chi connectivity index (χ0n) is 12.9. The number of nitrogens with zero attached hydrogens (tertiary/aromatic N) is 1. The smallest absolute Gasteiger partial charge is 0.324 e. The Labute approximate surface area is 117 Å². The molecule has 19 heavy (non-hydrogen) atoms. The van der Waals surface area contributed by atoms with Crippen molar-refractivity contribution in [3.05, 3.63) is 29.8 Å². The van der Waals surface area contributed by atoms with Crippen LogP contribution in [0.25, 0.3) is 0 Å². The summed E-state index contributed by atoms with van der Waals surface area (Å²) < 4.78 is 6.22. The highest BCUT2D eigenvalue weighted by atomic mass is 16.5. The summed E-state index contributed by atoms with van der Waals surface area (Å²) in [7, 11) is 0. The molecule has 1 aromatic rings. The standard InChI is InChI=1S/C16H24BNO/c1-15(2,3)16(4,5)19-17(6)14-9-7-13(8-10-14)11-12-18/h7-10H,11H2,1-6H3. The molecule has 0 fully saturated rings. The molecule has 1 aromatic carbocycles. The molecule has 0 atom stereocenters. The maximum Gasteiger partial charge on any atom is 0.324 e. The normalized spacial score (nSPS) is 12.1. The first kappa shape index (κ1) is 15.8. The maximum atomic E-state index is 8.67. The van der Waals surface area contributed by atoms with Crippen molar-refractivity contribution in [2.45, 2.75) is 53.5 Å². The van der Waals surface area contributed by atoms with Crippen molar-refractivity contribution < 1.29 is 4.65 Å². The Morgan fingerprint density at radius 2 is 1.63 bits per heavy atom. The van der Waals surface area contributed by atoms with Gasteiger partial charge in [-0.3, -0.25) is 0 Å². The van der Waals surface area contributed by atoms with Crippen molar-refractivity contribution in [3.63, 3.8) is 0 Å². The van der Waals surface area contributed by atoms with Crippen LogP contribution in [0.4, 0.5) is 0 Å². The van der Waals surface area contributed by atoms with E-state index in [9.17, 15) is 0 Å². The second-order valence-electron chi connectivity index (χ2n) is 6.60. The van der Waals surface area contributed by atoms with Gasteiger partial charge in [0.2, 0.25) is 0 Å². The lowest BCUT2D eigenvalue weighted by Gasteiger charge is -2.40. The molecular weight excluding hydrogens is 233 g/mol. The molecule has 0 heterocycles. The maximum absolute atomic E-state index is 8.67. The molecule has 0 aliphatic heterocycles. The van der Waals surface area contributed by atoms with E-state index in [1.54, 1.807) is 0 Å². The molecule has 3 heteroatoms. The van der Waals surface area contributed by atoms with Crippen LogP contribution in [0.2, 0.25) is 6.82 Å². The number of nitriles is 1. The molecule has 0 saturated heterocycles. The van der Waals surface area contributed by atoms with Crippen molar-refractivity contribution in [2.75, 3.05) is 0 Å². The summed E-state index contributed by atoms with van der Waals surface area (Å²) in [6, 6.07) is 10.3. The van der Waals surface area contributed by atoms with Crippen molar-refractivity contribution in [1.82, 2.24) is 0 Å². The van der Waals surface area contributed by atoms with E-state index in [1.165, 1.54) is 0 Å². The van der Waals surface area contributed by atoms with Gasteiger partial charge in [-0.1, -0.05) is 51.9 Å². The fraction of sp³-hybridized carbons (Fsp3) is 0.562. The third kappa shape index (κ3) is 4.11. The van der Waals surface area contributed by atoms with Crippen LogP contribution < -0.4 is 5.46 Å². The van der Waals surface area contributed by atoms with Crippen LogP contribution in [0, 0.1) is 16.7 Å². The Bertz CT molecular complexity index is 451. The van der Waals surface area contributed by atoms with Gasteiger partial charge in [-0.05, 0) is 30.3 Å². The minimum absolute atomic E-state index is 0.0466. The van der Waals surface area contributed by atoms with Gasteiger partial charge in [0.25, 0.3) is 0 Å². The average Bonchev–Trinajstić information content (AvgIpc) is 2.28. The number of benzene rings is 1. The summed E-state index contributed by atoms with van der Waals surface area (Å²) in [5.41, 5.74) is 2.09. The van der Waals surface area contributed by atoms with Crippen LogP contribution in [0.15, 0.2) is 24.3 Å². The average molecular weight is 257 g/mol. The lowest BCUT2D eigenvalue weighted by Crippen LogP contribution is -2.46. The van der Waals surface area contributed by atoms with Crippen molar-refractivity contribution in [3.8, 4) is 6.07 Å². The molecule has 0 amide bonds. The van der Waals surface area contributed by atoms with Gasteiger partial charge >= 0.3 is 6.92 Å². The quantitative estimate of drug-likeness (QED) is 0.774. The van der Waals surface area contributed by atoms with Crippen molar-refractivity contribution in [2.24, 2.45) is 5.41 Å². The zero-order chi connectivity index (χ0) is 14.7. The van der Waals surface area contributed by atoms with E-state index in [2.05, 4.69) is 59.6 Å². The summed E-state index contributed by atoms with van der Waals surface area (Å²) in [5, 5.41) is 8.67. The fourth-order valence-electron chi connectivity index (χ4n) is 1.68. The monoisotopic (exact) mass is 257 g/mol. The minimum Gasteiger partial charge on any atom is -0.426 e. The third-order valence-corrected chi connectivity index (χ3v) is 4.01. The van der Waals surface area contributed by atoms with E-state index in [-0.39, 0.29) is 17.9 Å². The van der Waals surface area contributed by atoms with Gasteiger partial charge in [-0.15, -0.1) is 0 Å². The predicted molar refractivity (Wildman–Crippen MR) is 81.6 cm³/mol. The molecule has 0 saturated carbocycles. The topological polar surface area (TPSA) is 33.0 Å². The van der Waals surface area contributed by atoms with E-state index < -0.39 is 0 Å². The predicted octanol–water partition coefficient (Wildman–Crippen LogP) is 3.42. The van der Waals surface area contributed by atoms with E-state index in [0.29, 0.717) is 6.42 Å². The molecule has 0 aromatic heterocycles. The van der Waals surface area contributed by atoms with Crippen molar-refractivity contribution >= 4 is 12.4 Å². The van der Waals surface area contributed by atoms with Gasteiger partial charge < -0.3 is 4.65 Å². The molecule has 0 unspecified atom stereocenters. The molecule has 102 valence electrons. The van der Waals surface area contributed by atoms with Crippen LogP contribution >= 0.6 is 0 Å². The molecule has 0 spiro atoms. The third-order valence-electron chi connectivity index (χ3n) is 4.01. The van der Waals surface area contributed by atoms with Gasteiger partial charge in [0.05, 0.1) is 18.1 Å². The lowest BCUT2D eigenvalue weighted by molar-refractivity contribution is 0.000450. The van der Waals surface area contributed by atoms with E-state index in [4.69, 9.17) is 9.92 Å². The first-order valence-electron chi connectivity index (χ1n) is 6.81. The Balaban J connectivity index is 2.79. The minimum atomic E-state index is -0.197. The SMILES string of the molecule is CB(OC(C)(C)C(C)(C)C)c1ccc(CC#N)cc1. The Kier molecular flexibility index (Phi) is 4.82. The number of rotatable bonds is 4. The first-order valence-corrected chi connectivity index (χ1v) is 6.81. The molecular formula is C16H24BNO. The summed E-state index contributed by atoms with van der Waals surface area (Å²) >= 11 is 0. The lowest BCUT2D eigenvalue weighted by atomic mass is 9.62. The molecule has 0 aliphatic rings. The van der Waals surface area contributed by atoms with E-state index >= 15 is 0 Å².